The lowest BCUT2D eigenvalue weighted by atomic mass is 10.0. The Bertz CT molecular complexity index is 414. The van der Waals surface area contributed by atoms with Gasteiger partial charge in [0.05, 0.1) is 10.8 Å². The zero-order valence-electron chi connectivity index (χ0n) is 8.04. The molecule has 1 unspecified atom stereocenters. The van der Waals surface area contributed by atoms with Crippen molar-refractivity contribution in [3.8, 4) is 0 Å². The molecule has 0 aliphatic rings. The first kappa shape index (κ1) is 11.0. The molecule has 0 saturated heterocycles. The van der Waals surface area contributed by atoms with Crippen LogP contribution in [0.2, 0.25) is 0 Å². The van der Waals surface area contributed by atoms with Gasteiger partial charge in [-0.2, -0.15) is 0 Å². The van der Waals surface area contributed by atoms with Gasteiger partial charge in [-0.15, -0.1) is 0 Å². The summed E-state index contributed by atoms with van der Waals surface area (Å²) in [6.07, 6.45) is 0.515. The predicted molar refractivity (Wildman–Crippen MR) is 52.7 cm³/mol. The van der Waals surface area contributed by atoms with E-state index in [1.54, 1.807) is 0 Å². The standard InChI is InChI=1S/C10H9NO4/c1-7(6-12)10(13)8-3-2-4-9(5-8)11(14)15/h2-7H,1H3. The minimum absolute atomic E-state index is 0.154. The lowest BCUT2D eigenvalue weighted by molar-refractivity contribution is -0.384. The molecule has 0 bridgehead atoms. The summed E-state index contributed by atoms with van der Waals surface area (Å²) < 4.78 is 0. The summed E-state index contributed by atoms with van der Waals surface area (Å²) in [4.78, 5) is 31.7. The number of nitrogens with zero attached hydrogens (tertiary/aromatic N) is 1. The number of hydrogen-bond acceptors (Lipinski definition) is 4. The summed E-state index contributed by atoms with van der Waals surface area (Å²) in [7, 11) is 0. The first-order valence-electron chi connectivity index (χ1n) is 4.30. The van der Waals surface area contributed by atoms with Crippen molar-refractivity contribution in [1.82, 2.24) is 0 Å². The second kappa shape index (κ2) is 4.45. The Balaban J connectivity index is 3.05. The number of nitro benzene ring substituents is 1. The Kier molecular flexibility index (Phi) is 3.28. The normalized spacial score (nSPS) is 11.8. The van der Waals surface area contributed by atoms with Crippen LogP contribution in [-0.2, 0) is 4.79 Å². The van der Waals surface area contributed by atoms with Crippen molar-refractivity contribution < 1.29 is 14.5 Å². The SMILES string of the molecule is CC(C=O)C(=O)c1cccc([N+](=O)[O-])c1. The minimum Gasteiger partial charge on any atom is -0.303 e. The molecule has 0 N–H and O–H groups in total. The van der Waals surface area contributed by atoms with Gasteiger partial charge in [0.2, 0.25) is 0 Å². The molecule has 1 atom stereocenters. The molecule has 78 valence electrons. The molecule has 1 aromatic rings. The summed E-state index contributed by atoms with van der Waals surface area (Å²) in [5.74, 6) is -1.18. The van der Waals surface area contributed by atoms with Crippen LogP contribution in [0.3, 0.4) is 0 Å². The van der Waals surface area contributed by atoms with Gasteiger partial charge in [0.25, 0.3) is 5.69 Å². The van der Waals surface area contributed by atoms with Crippen LogP contribution in [0.1, 0.15) is 17.3 Å². The van der Waals surface area contributed by atoms with E-state index < -0.39 is 16.6 Å². The average molecular weight is 207 g/mol. The zero-order chi connectivity index (χ0) is 11.4. The number of non-ortho nitro benzene ring substituents is 1. The van der Waals surface area contributed by atoms with Gasteiger partial charge in [0, 0.05) is 17.7 Å². The van der Waals surface area contributed by atoms with E-state index in [1.165, 1.54) is 31.2 Å². The zero-order valence-corrected chi connectivity index (χ0v) is 8.04. The maximum absolute atomic E-state index is 11.5. The fourth-order valence-corrected chi connectivity index (χ4v) is 1.10. The number of ketones is 1. The highest BCUT2D eigenvalue weighted by Crippen LogP contribution is 2.15. The minimum atomic E-state index is -0.771. The molecule has 15 heavy (non-hydrogen) atoms. The predicted octanol–water partition coefficient (Wildman–Crippen LogP) is 1.61. The van der Waals surface area contributed by atoms with E-state index in [9.17, 15) is 19.7 Å². The molecule has 1 aromatic carbocycles. The molecule has 5 nitrogen and oxygen atoms in total. The van der Waals surface area contributed by atoms with Gasteiger partial charge in [0.15, 0.2) is 5.78 Å². The van der Waals surface area contributed by atoms with Crippen LogP contribution in [0.15, 0.2) is 24.3 Å². The van der Waals surface area contributed by atoms with Gasteiger partial charge in [0.1, 0.15) is 6.29 Å². The Morgan fingerprint density at radius 2 is 2.20 bits per heavy atom. The highest BCUT2D eigenvalue weighted by atomic mass is 16.6. The maximum atomic E-state index is 11.5. The summed E-state index contributed by atoms with van der Waals surface area (Å²) in [5, 5.41) is 10.4. The Hall–Kier alpha value is -2.04. The third-order valence-corrected chi connectivity index (χ3v) is 1.96. The highest BCUT2D eigenvalue weighted by Gasteiger charge is 2.16. The van der Waals surface area contributed by atoms with Gasteiger partial charge in [-0.25, -0.2) is 0 Å². The van der Waals surface area contributed by atoms with E-state index in [0.29, 0.717) is 6.29 Å². The number of benzene rings is 1. The summed E-state index contributed by atoms with van der Waals surface area (Å²) in [5.41, 5.74) is 0.0303. The van der Waals surface area contributed by atoms with E-state index in [-0.39, 0.29) is 11.3 Å². The van der Waals surface area contributed by atoms with Crippen molar-refractivity contribution >= 4 is 17.8 Å². The molecule has 0 aliphatic heterocycles. The van der Waals surface area contributed by atoms with Crippen molar-refractivity contribution in [2.45, 2.75) is 6.92 Å². The molecule has 0 aliphatic carbocycles. The van der Waals surface area contributed by atoms with Crippen LogP contribution in [0.5, 0.6) is 0 Å². The molecule has 0 saturated carbocycles. The number of nitro groups is 1. The molecule has 5 heteroatoms. The number of carbonyl (C=O) groups is 2. The van der Waals surface area contributed by atoms with Crippen molar-refractivity contribution in [3.05, 3.63) is 39.9 Å². The van der Waals surface area contributed by atoms with E-state index >= 15 is 0 Å². The van der Waals surface area contributed by atoms with Gasteiger partial charge < -0.3 is 4.79 Å². The van der Waals surface area contributed by atoms with Crippen LogP contribution in [0.25, 0.3) is 0 Å². The van der Waals surface area contributed by atoms with E-state index in [0.717, 1.165) is 0 Å². The number of hydrogen-bond donors (Lipinski definition) is 0. The largest absolute Gasteiger partial charge is 0.303 e. The summed E-state index contributed by atoms with van der Waals surface area (Å²) >= 11 is 0. The molecule has 0 amide bonds. The lowest BCUT2D eigenvalue weighted by Gasteiger charge is -2.02. The summed E-state index contributed by atoms with van der Waals surface area (Å²) in [6, 6.07) is 5.34. The van der Waals surface area contributed by atoms with Crippen LogP contribution < -0.4 is 0 Å². The number of Topliss-reactive ketones (excluding diaryl/α,β-unsaturated/α-hetero) is 1. The van der Waals surface area contributed by atoms with Gasteiger partial charge in [-0.1, -0.05) is 12.1 Å². The van der Waals surface area contributed by atoms with Gasteiger partial charge in [-0.3, -0.25) is 14.9 Å². The van der Waals surface area contributed by atoms with Crippen molar-refractivity contribution in [2.24, 2.45) is 5.92 Å². The monoisotopic (exact) mass is 207 g/mol. The second-order valence-corrected chi connectivity index (χ2v) is 3.10. The molecular formula is C10H9NO4. The fraction of sp³-hybridized carbons (Fsp3) is 0.200. The quantitative estimate of drug-likeness (QED) is 0.247. The third-order valence-electron chi connectivity index (χ3n) is 1.96. The van der Waals surface area contributed by atoms with Crippen LogP contribution in [0, 0.1) is 16.0 Å². The Morgan fingerprint density at radius 3 is 2.73 bits per heavy atom. The van der Waals surface area contributed by atoms with Crippen LogP contribution in [0.4, 0.5) is 5.69 Å². The van der Waals surface area contributed by atoms with Gasteiger partial charge >= 0.3 is 0 Å². The van der Waals surface area contributed by atoms with E-state index in [1.807, 2.05) is 0 Å². The molecule has 0 radical (unpaired) electrons. The van der Waals surface area contributed by atoms with Gasteiger partial charge in [-0.05, 0) is 6.92 Å². The first-order valence-corrected chi connectivity index (χ1v) is 4.30. The first-order chi connectivity index (χ1) is 7.06. The molecular weight excluding hydrogens is 198 g/mol. The van der Waals surface area contributed by atoms with E-state index in [2.05, 4.69) is 0 Å². The lowest BCUT2D eigenvalue weighted by Crippen LogP contribution is -2.12. The second-order valence-electron chi connectivity index (χ2n) is 3.10. The number of carbonyl (C=O) groups excluding carboxylic acids is 2. The third kappa shape index (κ3) is 2.46. The molecule has 0 aromatic heterocycles. The van der Waals surface area contributed by atoms with Crippen LogP contribution >= 0.6 is 0 Å². The van der Waals surface area contributed by atoms with Crippen LogP contribution in [-0.4, -0.2) is 17.0 Å². The van der Waals surface area contributed by atoms with E-state index in [4.69, 9.17) is 0 Å². The molecule has 1 rings (SSSR count). The maximum Gasteiger partial charge on any atom is 0.270 e. The smallest absolute Gasteiger partial charge is 0.270 e. The topological polar surface area (TPSA) is 77.3 Å². The Morgan fingerprint density at radius 1 is 1.53 bits per heavy atom. The Labute approximate surface area is 85.9 Å². The molecule has 0 fully saturated rings. The van der Waals surface area contributed by atoms with Crippen molar-refractivity contribution in [1.29, 1.82) is 0 Å². The van der Waals surface area contributed by atoms with Crippen molar-refractivity contribution in [2.75, 3.05) is 0 Å². The molecule has 0 heterocycles. The number of aldehydes is 1. The molecule has 0 spiro atoms. The van der Waals surface area contributed by atoms with Crippen molar-refractivity contribution in [3.63, 3.8) is 0 Å². The highest BCUT2D eigenvalue weighted by molar-refractivity contribution is 6.05. The summed E-state index contributed by atoms with van der Waals surface area (Å²) in [6.45, 7) is 1.45. The fourth-order valence-electron chi connectivity index (χ4n) is 1.10. The average Bonchev–Trinajstić information content (AvgIpc) is 2.27. The number of rotatable bonds is 4.